The number of aliphatic carboxylic acids is 1. The highest BCUT2D eigenvalue weighted by Crippen LogP contribution is 2.22. The van der Waals surface area contributed by atoms with Gasteiger partial charge in [0.05, 0.1) is 5.56 Å². The molecule has 1 aromatic carbocycles. The van der Waals surface area contributed by atoms with E-state index in [2.05, 4.69) is 4.98 Å². The van der Waals surface area contributed by atoms with Crippen LogP contribution < -0.4 is 0 Å². The molecule has 4 heteroatoms. The highest BCUT2D eigenvalue weighted by atomic mass is 16.4. The summed E-state index contributed by atoms with van der Waals surface area (Å²) in [6.45, 7) is 1.69. The van der Waals surface area contributed by atoms with Gasteiger partial charge >= 0.3 is 5.97 Å². The van der Waals surface area contributed by atoms with Crippen molar-refractivity contribution in [1.82, 2.24) is 4.98 Å². The van der Waals surface area contributed by atoms with Crippen molar-refractivity contribution < 1.29 is 14.7 Å². The number of nitrogens with one attached hydrogen (secondary N) is 1. The number of hydrogen-bond acceptors (Lipinski definition) is 2. The summed E-state index contributed by atoms with van der Waals surface area (Å²) in [5.74, 6) is -2.30. The molecule has 0 spiro atoms. The minimum Gasteiger partial charge on any atom is -0.475 e. The van der Waals surface area contributed by atoms with E-state index in [4.69, 9.17) is 5.11 Å². The van der Waals surface area contributed by atoms with Crippen molar-refractivity contribution in [3.8, 4) is 0 Å². The summed E-state index contributed by atoms with van der Waals surface area (Å²) in [6, 6.07) is 7.14. The molecule has 2 N–H and O–H groups in total. The van der Waals surface area contributed by atoms with Crippen LogP contribution >= 0.6 is 0 Å². The van der Waals surface area contributed by atoms with E-state index in [0.29, 0.717) is 11.1 Å². The molecule has 15 heavy (non-hydrogen) atoms. The number of aromatic amines is 1. The summed E-state index contributed by atoms with van der Waals surface area (Å²) in [5, 5.41) is 9.33. The van der Waals surface area contributed by atoms with Crippen LogP contribution in [-0.4, -0.2) is 21.8 Å². The number of carboxylic acid groups (broad SMARTS) is 1. The first kappa shape index (κ1) is 9.45. The third-order valence-corrected chi connectivity index (χ3v) is 2.31. The van der Waals surface area contributed by atoms with E-state index >= 15 is 0 Å². The number of carboxylic acids is 1. The summed E-state index contributed by atoms with van der Waals surface area (Å²) in [7, 11) is 0. The van der Waals surface area contributed by atoms with E-state index in [-0.39, 0.29) is 5.56 Å². The van der Waals surface area contributed by atoms with Gasteiger partial charge in [0.2, 0.25) is 0 Å². The van der Waals surface area contributed by atoms with Crippen molar-refractivity contribution in [2.24, 2.45) is 0 Å². The molecule has 0 aliphatic heterocycles. The first-order chi connectivity index (χ1) is 7.11. The number of aryl methyl sites for hydroxylation is 1. The third kappa shape index (κ3) is 1.40. The van der Waals surface area contributed by atoms with Crippen molar-refractivity contribution >= 4 is 22.7 Å². The molecule has 0 aliphatic carbocycles. The third-order valence-electron chi connectivity index (χ3n) is 2.31. The minimum atomic E-state index is -1.43. The summed E-state index contributed by atoms with van der Waals surface area (Å²) in [5.41, 5.74) is 1.61. The molecule has 2 rings (SSSR count). The zero-order chi connectivity index (χ0) is 11.0. The highest BCUT2D eigenvalue weighted by Gasteiger charge is 2.21. The average Bonchev–Trinajstić information content (AvgIpc) is 2.52. The number of aromatic nitrogens is 1. The maximum Gasteiger partial charge on any atom is 0.377 e. The Labute approximate surface area is 85.5 Å². The number of para-hydroxylation sites is 1. The molecular formula is C11H9NO3. The molecule has 0 aliphatic rings. The second-order valence-electron chi connectivity index (χ2n) is 3.30. The van der Waals surface area contributed by atoms with Gasteiger partial charge < -0.3 is 10.1 Å². The molecular weight excluding hydrogens is 194 g/mol. The second kappa shape index (κ2) is 3.24. The molecule has 4 nitrogen and oxygen atoms in total. The summed E-state index contributed by atoms with van der Waals surface area (Å²) >= 11 is 0. The Morgan fingerprint density at radius 3 is 2.60 bits per heavy atom. The van der Waals surface area contributed by atoms with Gasteiger partial charge in [0.25, 0.3) is 5.78 Å². The van der Waals surface area contributed by atoms with Crippen molar-refractivity contribution in [3.63, 3.8) is 0 Å². The largest absolute Gasteiger partial charge is 0.475 e. The van der Waals surface area contributed by atoms with Crippen molar-refractivity contribution in [3.05, 3.63) is 35.5 Å². The number of H-pyrrole nitrogens is 1. The van der Waals surface area contributed by atoms with Crippen LogP contribution in [0.2, 0.25) is 0 Å². The van der Waals surface area contributed by atoms with Gasteiger partial charge in [-0.2, -0.15) is 0 Å². The summed E-state index contributed by atoms with van der Waals surface area (Å²) in [6.07, 6.45) is 0. The Balaban J connectivity index is 2.74. The van der Waals surface area contributed by atoms with Crippen molar-refractivity contribution in [2.75, 3.05) is 0 Å². The van der Waals surface area contributed by atoms with Gasteiger partial charge in [-0.05, 0) is 13.0 Å². The van der Waals surface area contributed by atoms with Crippen LogP contribution in [0.15, 0.2) is 24.3 Å². The summed E-state index contributed by atoms with van der Waals surface area (Å²) < 4.78 is 0. The molecule has 1 heterocycles. The number of hydrogen-bond donors (Lipinski definition) is 2. The first-order valence-electron chi connectivity index (χ1n) is 4.46. The lowest BCUT2D eigenvalue weighted by atomic mass is 10.1. The normalized spacial score (nSPS) is 10.5. The lowest BCUT2D eigenvalue weighted by Gasteiger charge is -1.94. The van der Waals surface area contributed by atoms with Crippen molar-refractivity contribution in [2.45, 2.75) is 6.92 Å². The molecule has 0 amide bonds. The molecule has 0 radical (unpaired) electrons. The molecule has 1 aromatic heterocycles. The molecule has 0 fully saturated rings. The predicted molar refractivity (Wildman–Crippen MR) is 55.0 cm³/mol. The summed E-state index contributed by atoms with van der Waals surface area (Å²) in [4.78, 5) is 25.0. The van der Waals surface area contributed by atoms with Crippen LogP contribution in [-0.2, 0) is 4.79 Å². The van der Waals surface area contributed by atoms with E-state index in [1.165, 1.54) is 0 Å². The van der Waals surface area contributed by atoms with E-state index < -0.39 is 11.8 Å². The topological polar surface area (TPSA) is 70.2 Å². The number of fused-ring (bicyclic) bond motifs is 1. The lowest BCUT2D eigenvalue weighted by molar-refractivity contribution is -0.131. The van der Waals surface area contributed by atoms with Crippen LogP contribution in [0.5, 0.6) is 0 Å². The predicted octanol–water partition coefficient (Wildman–Crippen LogP) is 1.74. The van der Waals surface area contributed by atoms with Crippen LogP contribution in [0.25, 0.3) is 10.9 Å². The molecule has 0 unspecified atom stereocenters. The van der Waals surface area contributed by atoms with E-state index in [1.807, 2.05) is 6.07 Å². The Kier molecular flexibility index (Phi) is 2.04. The lowest BCUT2D eigenvalue weighted by Crippen LogP contribution is -2.13. The van der Waals surface area contributed by atoms with Gasteiger partial charge in [0, 0.05) is 16.6 Å². The molecule has 0 saturated heterocycles. The number of benzene rings is 1. The first-order valence-corrected chi connectivity index (χ1v) is 4.46. The second-order valence-corrected chi connectivity index (χ2v) is 3.30. The molecule has 76 valence electrons. The van der Waals surface area contributed by atoms with Gasteiger partial charge in [-0.15, -0.1) is 0 Å². The zero-order valence-corrected chi connectivity index (χ0v) is 8.07. The Morgan fingerprint density at radius 1 is 1.27 bits per heavy atom. The SMILES string of the molecule is Cc1[nH]c2ccccc2c1C(=O)C(=O)O. The van der Waals surface area contributed by atoms with Gasteiger partial charge in [-0.3, -0.25) is 4.79 Å². The average molecular weight is 203 g/mol. The van der Waals surface area contributed by atoms with E-state index in [0.717, 1.165) is 5.52 Å². The maximum absolute atomic E-state index is 11.4. The standard InChI is InChI=1S/C11H9NO3/c1-6-9(10(13)11(14)15)7-4-2-3-5-8(7)12-6/h2-5,12H,1H3,(H,14,15). The molecule has 2 aromatic rings. The molecule has 0 bridgehead atoms. The minimum absolute atomic E-state index is 0.248. The number of carbonyl (C=O) groups excluding carboxylic acids is 1. The fourth-order valence-electron chi connectivity index (χ4n) is 1.68. The van der Waals surface area contributed by atoms with Crippen LogP contribution in [0.4, 0.5) is 0 Å². The van der Waals surface area contributed by atoms with Gasteiger partial charge in [0.15, 0.2) is 0 Å². The van der Waals surface area contributed by atoms with Crippen molar-refractivity contribution in [1.29, 1.82) is 0 Å². The number of rotatable bonds is 2. The number of carbonyl (C=O) groups is 2. The number of ketones is 1. The monoisotopic (exact) mass is 203 g/mol. The van der Waals surface area contributed by atoms with Gasteiger partial charge in [0.1, 0.15) is 0 Å². The maximum atomic E-state index is 11.4. The van der Waals surface area contributed by atoms with Crippen LogP contribution in [0.1, 0.15) is 16.1 Å². The van der Waals surface area contributed by atoms with Gasteiger partial charge in [-0.25, -0.2) is 4.79 Å². The quantitative estimate of drug-likeness (QED) is 0.577. The van der Waals surface area contributed by atoms with Gasteiger partial charge in [-0.1, -0.05) is 18.2 Å². The highest BCUT2D eigenvalue weighted by molar-refractivity contribution is 6.42. The smallest absolute Gasteiger partial charge is 0.377 e. The number of Topliss-reactive ketones (excluding diaryl/α,β-unsaturated/α-hetero) is 1. The molecule has 0 atom stereocenters. The zero-order valence-electron chi connectivity index (χ0n) is 8.07. The molecule has 0 saturated carbocycles. The Bertz CT molecular complexity index is 554. The Hall–Kier alpha value is -2.10. The van der Waals surface area contributed by atoms with E-state index in [9.17, 15) is 9.59 Å². The van der Waals surface area contributed by atoms with Crippen LogP contribution in [0, 0.1) is 6.92 Å². The van der Waals surface area contributed by atoms with Crippen LogP contribution in [0.3, 0.4) is 0 Å². The fourth-order valence-corrected chi connectivity index (χ4v) is 1.68. The Morgan fingerprint density at radius 2 is 1.93 bits per heavy atom. The fraction of sp³-hybridized carbons (Fsp3) is 0.0909. The van der Waals surface area contributed by atoms with E-state index in [1.54, 1.807) is 25.1 Å².